The standard InChI is InChI=1S/C17H17N3O3S/c1-10-11(2)24-16-15(10)17(22)20(9-18-16)8-14(21)19-12-5-4-6-13(7-12)23-3/h4-7,9H,8H2,1-3H3,(H,19,21). The van der Waals surface area contributed by atoms with Crippen LogP contribution in [-0.4, -0.2) is 22.6 Å². The second kappa shape index (κ2) is 6.45. The van der Waals surface area contributed by atoms with Crippen LogP contribution >= 0.6 is 11.3 Å². The van der Waals surface area contributed by atoms with Crippen molar-refractivity contribution in [3.63, 3.8) is 0 Å². The van der Waals surface area contributed by atoms with Crippen LogP contribution in [0, 0.1) is 13.8 Å². The lowest BCUT2D eigenvalue weighted by Gasteiger charge is -2.08. The van der Waals surface area contributed by atoms with E-state index in [9.17, 15) is 9.59 Å². The van der Waals surface area contributed by atoms with Crippen molar-refractivity contribution in [3.05, 3.63) is 51.4 Å². The Balaban J connectivity index is 1.84. The van der Waals surface area contributed by atoms with E-state index in [1.165, 1.54) is 22.2 Å². The van der Waals surface area contributed by atoms with Gasteiger partial charge in [-0.3, -0.25) is 14.2 Å². The summed E-state index contributed by atoms with van der Waals surface area (Å²) in [6.07, 6.45) is 1.42. The lowest BCUT2D eigenvalue weighted by molar-refractivity contribution is -0.116. The molecule has 0 radical (unpaired) electrons. The number of benzene rings is 1. The van der Waals surface area contributed by atoms with Gasteiger partial charge in [0.05, 0.1) is 18.8 Å². The number of ether oxygens (including phenoxy) is 1. The molecule has 0 aliphatic carbocycles. The minimum Gasteiger partial charge on any atom is -0.497 e. The Morgan fingerprint density at radius 3 is 2.92 bits per heavy atom. The number of fused-ring (bicyclic) bond motifs is 1. The van der Waals surface area contributed by atoms with Gasteiger partial charge >= 0.3 is 0 Å². The molecule has 0 aliphatic heterocycles. The molecule has 0 fully saturated rings. The fraction of sp³-hybridized carbons (Fsp3) is 0.235. The minimum absolute atomic E-state index is 0.0900. The summed E-state index contributed by atoms with van der Waals surface area (Å²) in [4.78, 5) is 30.9. The molecule has 0 aliphatic rings. The Kier molecular flexibility index (Phi) is 4.35. The highest BCUT2D eigenvalue weighted by molar-refractivity contribution is 7.18. The number of hydrogen-bond acceptors (Lipinski definition) is 5. The summed E-state index contributed by atoms with van der Waals surface area (Å²) in [5.41, 5.74) is 1.35. The number of aryl methyl sites for hydroxylation is 2. The average Bonchev–Trinajstić information content (AvgIpc) is 2.85. The summed E-state index contributed by atoms with van der Waals surface area (Å²) in [7, 11) is 1.56. The molecule has 1 aromatic carbocycles. The van der Waals surface area contributed by atoms with Crippen LogP contribution in [0.5, 0.6) is 5.75 Å². The molecule has 6 nitrogen and oxygen atoms in total. The van der Waals surface area contributed by atoms with Crippen molar-refractivity contribution in [1.29, 1.82) is 0 Å². The zero-order valence-electron chi connectivity index (χ0n) is 13.6. The lowest BCUT2D eigenvalue weighted by Crippen LogP contribution is -2.27. The predicted octanol–water partition coefficient (Wildman–Crippen LogP) is 2.72. The van der Waals surface area contributed by atoms with Crippen molar-refractivity contribution >= 4 is 33.1 Å². The molecule has 24 heavy (non-hydrogen) atoms. The van der Waals surface area contributed by atoms with Gasteiger partial charge in [-0.1, -0.05) is 6.07 Å². The molecule has 0 atom stereocenters. The van der Waals surface area contributed by atoms with Crippen molar-refractivity contribution in [2.45, 2.75) is 20.4 Å². The predicted molar refractivity (Wildman–Crippen MR) is 95.0 cm³/mol. The molecule has 3 aromatic rings. The number of carbonyl (C=O) groups is 1. The van der Waals surface area contributed by atoms with Crippen molar-refractivity contribution in [2.75, 3.05) is 12.4 Å². The summed E-state index contributed by atoms with van der Waals surface area (Å²) in [5.74, 6) is 0.355. The summed E-state index contributed by atoms with van der Waals surface area (Å²) >= 11 is 1.49. The van der Waals surface area contributed by atoms with Crippen LogP contribution in [0.2, 0.25) is 0 Å². The number of aromatic nitrogens is 2. The first-order valence-electron chi connectivity index (χ1n) is 7.38. The largest absolute Gasteiger partial charge is 0.497 e. The number of anilines is 1. The lowest BCUT2D eigenvalue weighted by atomic mass is 10.2. The van der Waals surface area contributed by atoms with Crippen LogP contribution < -0.4 is 15.6 Å². The molecular formula is C17H17N3O3S. The van der Waals surface area contributed by atoms with Gasteiger partial charge < -0.3 is 10.1 Å². The number of methoxy groups -OCH3 is 1. The second-order valence-electron chi connectivity index (χ2n) is 5.42. The Bertz CT molecular complexity index is 975. The van der Waals surface area contributed by atoms with Crippen LogP contribution in [0.25, 0.3) is 10.2 Å². The summed E-state index contributed by atoms with van der Waals surface area (Å²) in [5, 5.41) is 3.35. The van der Waals surface area contributed by atoms with Crippen molar-refractivity contribution < 1.29 is 9.53 Å². The highest BCUT2D eigenvalue weighted by Gasteiger charge is 2.13. The maximum absolute atomic E-state index is 12.6. The van der Waals surface area contributed by atoms with E-state index in [0.29, 0.717) is 21.7 Å². The highest BCUT2D eigenvalue weighted by atomic mass is 32.1. The van der Waals surface area contributed by atoms with Crippen LogP contribution in [0.3, 0.4) is 0 Å². The van der Waals surface area contributed by atoms with Gasteiger partial charge in [0, 0.05) is 16.6 Å². The fourth-order valence-corrected chi connectivity index (χ4v) is 3.43. The second-order valence-corrected chi connectivity index (χ2v) is 6.62. The monoisotopic (exact) mass is 343 g/mol. The number of amides is 1. The van der Waals surface area contributed by atoms with Gasteiger partial charge in [-0.2, -0.15) is 0 Å². The van der Waals surface area contributed by atoms with Gasteiger partial charge in [0.15, 0.2) is 0 Å². The third kappa shape index (κ3) is 3.03. The smallest absolute Gasteiger partial charge is 0.262 e. The van der Waals surface area contributed by atoms with Crippen LogP contribution in [-0.2, 0) is 11.3 Å². The molecule has 1 amide bonds. The minimum atomic E-state index is -0.295. The SMILES string of the molecule is COc1cccc(NC(=O)Cn2cnc3sc(C)c(C)c3c2=O)c1. The quantitative estimate of drug-likeness (QED) is 0.790. The first-order chi connectivity index (χ1) is 11.5. The normalized spacial score (nSPS) is 10.8. The molecule has 0 unspecified atom stereocenters. The summed E-state index contributed by atoms with van der Waals surface area (Å²) in [6, 6.07) is 7.05. The Morgan fingerprint density at radius 2 is 2.17 bits per heavy atom. The van der Waals surface area contributed by atoms with E-state index in [4.69, 9.17) is 4.74 Å². The van der Waals surface area contributed by atoms with Gasteiger partial charge in [-0.25, -0.2) is 4.98 Å². The Morgan fingerprint density at radius 1 is 1.38 bits per heavy atom. The number of thiophene rings is 1. The number of hydrogen-bond donors (Lipinski definition) is 1. The van der Waals surface area contributed by atoms with E-state index in [1.807, 2.05) is 13.8 Å². The van der Waals surface area contributed by atoms with Gasteiger partial charge in [-0.15, -0.1) is 11.3 Å². The molecule has 124 valence electrons. The molecule has 0 bridgehead atoms. The van der Waals surface area contributed by atoms with Crippen molar-refractivity contribution in [1.82, 2.24) is 9.55 Å². The number of nitrogens with zero attached hydrogens (tertiary/aromatic N) is 2. The number of carbonyl (C=O) groups excluding carboxylic acids is 1. The van der Waals surface area contributed by atoms with Crippen LogP contribution in [0.4, 0.5) is 5.69 Å². The molecule has 7 heteroatoms. The third-order valence-electron chi connectivity index (χ3n) is 3.82. The van der Waals surface area contributed by atoms with Crippen LogP contribution in [0.1, 0.15) is 10.4 Å². The Labute approximate surface area is 142 Å². The molecule has 0 saturated heterocycles. The van der Waals surface area contributed by atoms with E-state index in [0.717, 1.165) is 10.4 Å². The summed E-state index contributed by atoms with van der Waals surface area (Å²) in [6.45, 7) is 3.77. The van der Waals surface area contributed by atoms with Crippen LogP contribution in [0.15, 0.2) is 35.4 Å². The number of rotatable bonds is 4. The molecule has 0 saturated carbocycles. The maximum atomic E-state index is 12.6. The fourth-order valence-electron chi connectivity index (χ4n) is 2.44. The highest BCUT2D eigenvalue weighted by Crippen LogP contribution is 2.25. The molecule has 1 N–H and O–H groups in total. The van der Waals surface area contributed by atoms with Gasteiger partial charge in [0.2, 0.25) is 5.91 Å². The molecule has 3 rings (SSSR count). The van der Waals surface area contributed by atoms with E-state index in [-0.39, 0.29) is 18.0 Å². The van der Waals surface area contributed by atoms with Crippen molar-refractivity contribution in [3.8, 4) is 5.75 Å². The topological polar surface area (TPSA) is 73.2 Å². The average molecular weight is 343 g/mol. The molecule has 0 spiro atoms. The first kappa shape index (κ1) is 16.2. The molecule has 2 heterocycles. The van der Waals surface area contributed by atoms with Gasteiger partial charge in [-0.05, 0) is 31.5 Å². The van der Waals surface area contributed by atoms with E-state index in [2.05, 4.69) is 10.3 Å². The Hall–Kier alpha value is -2.67. The summed E-state index contributed by atoms with van der Waals surface area (Å²) < 4.78 is 6.45. The molecule has 2 aromatic heterocycles. The molecular weight excluding hydrogens is 326 g/mol. The zero-order valence-corrected chi connectivity index (χ0v) is 14.4. The van der Waals surface area contributed by atoms with E-state index in [1.54, 1.807) is 31.4 Å². The van der Waals surface area contributed by atoms with Crippen molar-refractivity contribution in [2.24, 2.45) is 0 Å². The van der Waals surface area contributed by atoms with Gasteiger partial charge in [0.1, 0.15) is 17.1 Å². The van der Waals surface area contributed by atoms with Gasteiger partial charge in [0.25, 0.3) is 5.56 Å². The van der Waals surface area contributed by atoms with E-state index < -0.39 is 0 Å². The third-order valence-corrected chi connectivity index (χ3v) is 4.94. The number of nitrogens with one attached hydrogen (secondary N) is 1. The van der Waals surface area contributed by atoms with E-state index >= 15 is 0 Å². The maximum Gasteiger partial charge on any atom is 0.262 e. The first-order valence-corrected chi connectivity index (χ1v) is 8.20. The zero-order chi connectivity index (χ0) is 17.3.